The van der Waals surface area contributed by atoms with E-state index < -0.39 is 32.6 Å². The summed E-state index contributed by atoms with van der Waals surface area (Å²) in [5.74, 6) is 0.785. The molecule has 0 fully saturated rings. The van der Waals surface area contributed by atoms with Crippen molar-refractivity contribution in [2.75, 3.05) is 13.7 Å². The molecule has 0 saturated carbocycles. The fraction of sp³-hybridized carbons (Fsp3) is 0.487. The smallest absolute Gasteiger partial charge is 0.202 e. The van der Waals surface area contributed by atoms with Crippen LogP contribution in [0.5, 0.6) is 5.75 Å². The number of hydrogen-bond donors (Lipinski definition) is 0. The molecular formula is C39H58O6SSi2. The fourth-order valence-electron chi connectivity index (χ4n) is 5.50. The Labute approximate surface area is 293 Å². The van der Waals surface area contributed by atoms with Crippen LogP contribution in [0.3, 0.4) is 0 Å². The van der Waals surface area contributed by atoms with E-state index in [1.165, 1.54) is 0 Å². The Bertz CT molecular complexity index is 1510. The van der Waals surface area contributed by atoms with Crippen molar-refractivity contribution < 1.29 is 26.7 Å². The Morgan fingerprint density at radius 3 is 1.90 bits per heavy atom. The molecule has 3 aromatic rings. The van der Waals surface area contributed by atoms with Gasteiger partial charge in [0.2, 0.25) is 9.84 Å². The highest BCUT2D eigenvalue weighted by Gasteiger charge is 2.40. The molecular weight excluding hydrogens is 653 g/mol. The van der Waals surface area contributed by atoms with Crippen LogP contribution in [0, 0.1) is 0 Å². The van der Waals surface area contributed by atoms with Crippen molar-refractivity contribution in [2.45, 2.75) is 114 Å². The molecule has 0 spiro atoms. The average molecular weight is 711 g/mol. The Hall–Kier alpha value is -2.54. The predicted molar refractivity (Wildman–Crippen MR) is 203 cm³/mol. The van der Waals surface area contributed by atoms with Crippen molar-refractivity contribution in [3.63, 3.8) is 0 Å². The quantitative estimate of drug-likeness (QED) is 0.115. The normalized spacial score (nSPS) is 14.5. The first-order chi connectivity index (χ1) is 22.7. The van der Waals surface area contributed by atoms with E-state index in [-0.39, 0.29) is 29.1 Å². The monoisotopic (exact) mass is 710 g/mol. The predicted octanol–water partition coefficient (Wildman–Crippen LogP) is 10.5. The highest BCUT2D eigenvalue weighted by Crippen LogP contribution is 2.39. The molecule has 0 N–H and O–H groups in total. The van der Waals surface area contributed by atoms with Crippen molar-refractivity contribution >= 4 is 26.5 Å². The van der Waals surface area contributed by atoms with Gasteiger partial charge in [-0.1, -0.05) is 108 Å². The van der Waals surface area contributed by atoms with Crippen molar-refractivity contribution in [1.29, 1.82) is 0 Å². The maximum absolute atomic E-state index is 14.4. The molecule has 0 aliphatic heterocycles. The lowest BCUT2D eigenvalue weighted by Crippen LogP contribution is -2.45. The molecule has 3 aromatic carbocycles. The summed E-state index contributed by atoms with van der Waals surface area (Å²) in [6.07, 6.45) is 1.84. The zero-order valence-electron chi connectivity index (χ0n) is 30.6. The van der Waals surface area contributed by atoms with E-state index in [9.17, 15) is 8.42 Å². The molecule has 0 aliphatic carbocycles. The minimum absolute atomic E-state index is 0.0654. The molecule has 2 atom stereocenters. The van der Waals surface area contributed by atoms with Crippen LogP contribution in [0.25, 0.3) is 0 Å². The summed E-state index contributed by atoms with van der Waals surface area (Å²) in [4.78, 5) is 0.616. The third-order valence-electron chi connectivity index (χ3n) is 9.88. The summed E-state index contributed by atoms with van der Waals surface area (Å²) in [6, 6.07) is 29.7. The lowest BCUT2D eigenvalue weighted by atomic mass is 10.1. The largest absolute Gasteiger partial charge is 0.497 e. The molecule has 6 nitrogen and oxygen atoms in total. The number of rotatable bonds is 19. The van der Waals surface area contributed by atoms with Crippen molar-refractivity contribution in [3.05, 3.63) is 107 Å². The van der Waals surface area contributed by atoms with Gasteiger partial charge in [0.15, 0.2) is 16.6 Å². The Morgan fingerprint density at radius 1 is 0.812 bits per heavy atom. The number of sulfone groups is 1. The molecule has 0 heterocycles. The van der Waals surface area contributed by atoms with E-state index >= 15 is 0 Å². The molecule has 0 aliphatic rings. The van der Waals surface area contributed by atoms with Crippen molar-refractivity contribution in [1.82, 2.24) is 0 Å². The molecule has 9 heteroatoms. The molecule has 48 heavy (non-hydrogen) atoms. The highest BCUT2D eigenvalue weighted by atomic mass is 32.2. The van der Waals surface area contributed by atoms with E-state index in [0.29, 0.717) is 17.9 Å². The van der Waals surface area contributed by atoms with Crippen LogP contribution in [0.1, 0.15) is 71.6 Å². The standard InChI is InChI=1S/C39H58O6SSi2/c1-10-48(11-2,12-3)45-38(33-19-15-13-16-20-33)28-27-37(46(40,41)36-21-17-14-18-22-36)29-35(44-47(8,9)39(4,5)6)31-43-30-32-23-25-34(42-7)26-24-32/h13-27,35,38H,10-12,28-31H2,1-9H3/b37-27+/t35-,38-/m0/s1. The van der Waals surface area contributed by atoms with Gasteiger partial charge in [-0.3, -0.25) is 0 Å². The third kappa shape index (κ3) is 11.0. The van der Waals surface area contributed by atoms with Gasteiger partial charge in [0, 0.05) is 11.3 Å². The highest BCUT2D eigenvalue weighted by molar-refractivity contribution is 7.95. The van der Waals surface area contributed by atoms with Crippen LogP contribution in [0.4, 0.5) is 0 Å². The average Bonchev–Trinajstić information content (AvgIpc) is 3.08. The maximum Gasteiger partial charge on any atom is 0.202 e. The van der Waals surface area contributed by atoms with Gasteiger partial charge in [-0.15, -0.1) is 0 Å². The third-order valence-corrected chi connectivity index (χ3v) is 21.0. The van der Waals surface area contributed by atoms with Crippen LogP contribution in [-0.4, -0.2) is 44.9 Å². The number of hydrogen-bond acceptors (Lipinski definition) is 6. The van der Waals surface area contributed by atoms with Gasteiger partial charge < -0.3 is 18.3 Å². The van der Waals surface area contributed by atoms with E-state index in [4.69, 9.17) is 18.3 Å². The molecule has 0 saturated heterocycles. The van der Waals surface area contributed by atoms with Gasteiger partial charge in [-0.25, -0.2) is 8.42 Å². The fourth-order valence-corrected chi connectivity index (χ4v) is 11.2. The summed E-state index contributed by atoms with van der Waals surface area (Å²) in [6.45, 7) is 18.3. The molecule has 0 unspecified atom stereocenters. The summed E-state index contributed by atoms with van der Waals surface area (Å²) in [5, 5.41) is -0.0654. The SMILES string of the molecule is CC[Si](CC)(CC)O[C@@H](C/C=C(\C[C@@H](COCc1ccc(OC)cc1)O[Si](C)(C)C(C)(C)C)S(=O)(=O)c1ccccc1)c1ccccc1. The lowest BCUT2D eigenvalue weighted by Gasteiger charge is -2.39. The van der Waals surface area contributed by atoms with Crippen LogP contribution >= 0.6 is 0 Å². The minimum Gasteiger partial charge on any atom is -0.497 e. The number of ether oxygens (including phenoxy) is 2. The van der Waals surface area contributed by atoms with E-state index in [0.717, 1.165) is 35.0 Å². The molecule has 0 radical (unpaired) electrons. The molecule has 0 aromatic heterocycles. The summed E-state index contributed by atoms with van der Waals surface area (Å²) in [5.41, 5.74) is 2.07. The second kappa shape index (κ2) is 17.9. The topological polar surface area (TPSA) is 71.1 Å². The number of methoxy groups -OCH3 is 1. The van der Waals surface area contributed by atoms with Crippen LogP contribution in [0.15, 0.2) is 101 Å². The van der Waals surface area contributed by atoms with Gasteiger partial charge in [-0.2, -0.15) is 0 Å². The second-order valence-corrected chi connectivity index (χ2v) is 25.5. The van der Waals surface area contributed by atoms with E-state index in [1.54, 1.807) is 31.4 Å². The summed E-state index contributed by atoms with van der Waals surface area (Å²) < 4.78 is 54.3. The van der Waals surface area contributed by atoms with Gasteiger partial charge in [0.25, 0.3) is 0 Å². The van der Waals surface area contributed by atoms with Crippen LogP contribution in [0.2, 0.25) is 36.3 Å². The second-order valence-electron chi connectivity index (χ2n) is 14.1. The van der Waals surface area contributed by atoms with E-state index in [1.807, 2.05) is 54.6 Å². The van der Waals surface area contributed by atoms with Gasteiger partial charge in [0.1, 0.15) is 5.75 Å². The first-order valence-corrected chi connectivity index (χ1v) is 24.2. The van der Waals surface area contributed by atoms with Crippen molar-refractivity contribution in [2.24, 2.45) is 0 Å². The van der Waals surface area contributed by atoms with E-state index in [2.05, 4.69) is 66.8 Å². The molecule has 264 valence electrons. The van der Waals surface area contributed by atoms with Gasteiger partial charge in [0.05, 0.1) is 37.4 Å². The Morgan fingerprint density at radius 2 is 1.38 bits per heavy atom. The van der Waals surface area contributed by atoms with Gasteiger partial charge in [-0.05, 0) is 78.1 Å². The zero-order valence-corrected chi connectivity index (χ0v) is 33.4. The first-order valence-electron chi connectivity index (χ1n) is 17.3. The molecule has 3 rings (SSSR count). The first kappa shape index (κ1) is 39.9. The number of benzene rings is 3. The zero-order chi connectivity index (χ0) is 35.4. The summed E-state index contributed by atoms with van der Waals surface area (Å²) in [7, 11) is -6.49. The van der Waals surface area contributed by atoms with Crippen LogP contribution < -0.4 is 4.74 Å². The Kier molecular flexibility index (Phi) is 14.9. The maximum atomic E-state index is 14.4. The van der Waals surface area contributed by atoms with Crippen molar-refractivity contribution in [3.8, 4) is 5.75 Å². The molecule has 0 bridgehead atoms. The lowest BCUT2D eigenvalue weighted by molar-refractivity contribution is 0.0353. The van der Waals surface area contributed by atoms with Gasteiger partial charge >= 0.3 is 0 Å². The molecule has 0 amide bonds. The summed E-state index contributed by atoms with van der Waals surface area (Å²) >= 11 is 0. The Balaban J connectivity index is 2.03. The minimum atomic E-state index is -3.83. The van der Waals surface area contributed by atoms with Crippen LogP contribution in [-0.2, 0) is 30.0 Å².